The van der Waals surface area contributed by atoms with Crippen molar-refractivity contribution in [3.8, 4) is 23.2 Å². The van der Waals surface area contributed by atoms with E-state index in [1.165, 1.54) is 26.0 Å². The third-order valence-corrected chi connectivity index (χ3v) is 6.11. The number of amides is 1. The van der Waals surface area contributed by atoms with E-state index >= 15 is 0 Å². The summed E-state index contributed by atoms with van der Waals surface area (Å²) < 4.78 is 62.4. The van der Waals surface area contributed by atoms with Gasteiger partial charge in [0.05, 0.1) is 5.56 Å². The summed E-state index contributed by atoms with van der Waals surface area (Å²) in [5.74, 6) is 2.77. The van der Waals surface area contributed by atoms with Crippen molar-refractivity contribution >= 4 is 5.91 Å². The molecule has 0 saturated heterocycles. The summed E-state index contributed by atoms with van der Waals surface area (Å²) in [5, 5.41) is 14.2. The number of primary amides is 1. The number of imidazole rings is 1. The molecule has 3 aromatic rings. The topological polar surface area (TPSA) is 120 Å². The molecule has 2 aliphatic heterocycles. The summed E-state index contributed by atoms with van der Waals surface area (Å²) in [4.78, 5) is 19.6. The Kier molecular flexibility index (Phi) is 4.64. The molecule has 1 fully saturated rings. The van der Waals surface area contributed by atoms with Crippen LogP contribution in [-0.2, 0) is 11.8 Å². The van der Waals surface area contributed by atoms with E-state index in [-0.39, 0.29) is 34.6 Å². The lowest BCUT2D eigenvalue weighted by molar-refractivity contribution is -0.145. The smallest absolute Gasteiger partial charge is 0.371 e. The third-order valence-electron chi connectivity index (χ3n) is 6.11. The molecule has 4 heterocycles. The van der Waals surface area contributed by atoms with Crippen molar-refractivity contribution in [1.82, 2.24) is 19.7 Å². The summed E-state index contributed by atoms with van der Waals surface area (Å²) in [6, 6.07) is 1.94. The van der Waals surface area contributed by atoms with E-state index in [2.05, 4.69) is 27.0 Å². The van der Waals surface area contributed by atoms with E-state index in [1.807, 2.05) is 0 Å². The molecule has 2 bridgehead atoms. The lowest BCUT2D eigenvalue weighted by Crippen LogP contribution is -2.28. The fourth-order valence-electron chi connectivity index (χ4n) is 4.43. The van der Waals surface area contributed by atoms with Gasteiger partial charge in [-0.15, -0.1) is 0 Å². The monoisotopic (exact) mass is 475 g/mol. The molecule has 1 aromatic carbocycles. The lowest BCUT2D eigenvalue weighted by atomic mass is 9.75. The van der Waals surface area contributed by atoms with Crippen molar-refractivity contribution in [2.24, 2.45) is 5.73 Å². The lowest BCUT2D eigenvalue weighted by Gasteiger charge is -2.35. The molecular formula is C22H17F4N5O3. The number of benzene rings is 1. The van der Waals surface area contributed by atoms with Crippen LogP contribution >= 0.6 is 0 Å². The predicted molar refractivity (Wildman–Crippen MR) is 108 cm³/mol. The van der Waals surface area contributed by atoms with Crippen molar-refractivity contribution in [3.05, 3.63) is 52.2 Å². The summed E-state index contributed by atoms with van der Waals surface area (Å²) in [6.45, 7) is 2.82. The van der Waals surface area contributed by atoms with Gasteiger partial charge in [-0.1, -0.05) is 17.0 Å². The number of aryl methyl sites for hydroxylation is 1. The van der Waals surface area contributed by atoms with Crippen LogP contribution in [-0.4, -0.2) is 30.7 Å². The Bertz CT molecular complexity index is 1400. The minimum atomic E-state index is -4.87. The van der Waals surface area contributed by atoms with E-state index in [4.69, 9.17) is 10.3 Å². The maximum Gasteiger partial charge on any atom is 0.433 e. The fourth-order valence-corrected chi connectivity index (χ4v) is 4.43. The maximum atomic E-state index is 14.9. The second-order valence-electron chi connectivity index (χ2n) is 8.57. The van der Waals surface area contributed by atoms with E-state index < -0.39 is 40.9 Å². The van der Waals surface area contributed by atoms with Gasteiger partial charge in [-0.25, -0.2) is 9.37 Å². The molecular weight excluding hydrogens is 458 g/mol. The Labute approximate surface area is 189 Å². The highest BCUT2D eigenvalue weighted by molar-refractivity contribution is 5.93. The first-order valence-corrected chi connectivity index (χ1v) is 10.3. The van der Waals surface area contributed by atoms with Gasteiger partial charge >= 0.3 is 6.18 Å². The summed E-state index contributed by atoms with van der Waals surface area (Å²) in [5.41, 5.74) is 1.76. The number of aliphatic hydroxyl groups is 1. The number of carbonyl (C=O) groups excluding carboxylic acids is 1. The fraction of sp³-hybridized carbons (Fsp3) is 0.364. The molecule has 0 spiro atoms. The van der Waals surface area contributed by atoms with Crippen molar-refractivity contribution in [2.75, 3.05) is 0 Å². The molecule has 0 radical (unpaired) electrons. The highest BCUT2D eigenvalue weighted by Crippen LogP contribution is 2.54. The number of alkyl halides is 3. The maximum absolute atomic E-state index is 14.9. The van der Waals surface area contributed by atoms with Crippen LogP contribution in [0.1, 0.15) is 70.7 Å². The Morgan fingerprint density at radius 3 is 2.59 bits per heavy atom. The van der Waals surface area contributed by atoms with Crippen LogP contribution in [0.5, 0.6) is 0 Å². The van der Waals surface area contributed by atoms with E-state index in [9.17, 15) is 27.5 Å². The van der Waals surface area contributed by atoms with Crippen LogP contribution in [0, 0.1) is 24.6 Å². The average molecular weight is 475 g/mol. The summed E-state index contributed by atoms with van der Waals surface area (Å²) in [6.07, 6.45) is -4.18. The molecule has 8 nitrogen and oxygen atoms in total. The number of hydrogen-bond acceptors (Lipinski definition) is 6. The Hall–Kier alpha value is -3.72. The first kappa shape index (κ1) is 22.1. The molecule has 1 atom stereocenters. The number of nitrogens with zero attached hydrogens (tertiary/aromatic N) is 4. The molecule has 3 aliphatic rings. The normalized spacial score (nSPS) is 20.2. The van der Waals surface area contributed by atoms with Crippen LogP contribution in [0.2, 0.25) is 0 Å². The first-order chi connectivity index (χ1) is 15.9. The van der Waals surface area contributed by atoms with Crippen molar-refractivity contribution in [1.29, 1.82) is 0 Å². The summed E-state index contributed by atoms with van der Waals surface area (Å²) >= 11 is 0. The van der Waals surface area contributed by atoms with Gasteiger partial charge in [0.1, 0.15) is 11.6 Å². The van der Waals surface area contributed by atoms with Gasteiger partial charge in [-0.05, 0) is 43.4 Å². The van der Waals surface area contributed by atoms with Gasteiger partial charge in [0.2, 0.25) is 11.7 Å². The Morgan fingerprint density at radius 2 is 2.00 bits per heavy atom. The zero-order valence-electron chi connectivity index (χ0n) is 17.9. The number of rotatable bonds is 2. The predicted octanol–water partition coefficient (Wildman–Crippen LogP) is 3.19. The van der Waals surface area contributed by atoms with E-state index in [1.54, 1.807) is 0 Å². The average Bonchev–Trinajstić information content (AvgIpc) is 3.26. The van der Waals surface area contributed by atoms with E-state index in [0.29, 0.717) is 18.4 Å². The third kappa shape index (κ3) is 3.35. The number of carbonyl (C=O) groups is 1. The Balaban J connectivity index is 1.68. The SMILES string of the molecule is Cc1nc(C(C)(O)C#Cc2cc3c(cc2F)C2CC(C2)n2c-3nc(C(N)=O)c2C(F)(F)F)no1. The van der Waals surface area contributed by atoms with Gasteiger partial charge in [-0.3, -0.25) is 4.79 Å². The molecule has 1 unspecified atom stereocenters. The largest absolute Gasteiger partial charge is 0.433 e. The van der Waals surface area contributed by atoms with E-state index in [0.717, 1.165) is 4.57 Å². The Morgan fingerprint density at radius 1 is 1.29 bits per heavy atom. The van der Waals surface area contributed by atoms with Gasteiger partial charge < -0.3 is 19.9 Å². The molecule has 1 amide bonds. The number of halogens is 4. The minimum absolute atomic E-state index is 0.120. The second-order valence-corrected chi connectivity index (χ2v) is 8.57. The molecule has 1 aliphatic carbocycles. The standard InChI is InChI=1S/C22H17F4N5O3/c1-9-28-20(30-34-9)21(2,33)4-3-10-7-14-13(8-15(10)23)11-5-12(6-11)31-17(22(24,25)26)16(18(27)32)29-19(14)31/h7-8,11-12,33H,5-6H2,1-2H3,(H2,27,32). The zero-order valence-corrected chi connectivity index (χ0v) is 17.9. The minimum Gasteiger partial charge on any atom is -0.371 e. The number of hydrogen-bond donors (Lipinski definition) is 2. The zero-order chi connectivity index (χ0) is 24.6. The van der Waals surface area contributed by atoms with Gasteiger partial charge in [0.25, 0.3) is 5.91 Å². The summed E-state index contributed by atoms with van der Waals surface area (Å²) in [7, 11) is 0. The number of aromatic nitrogens is 4. The van der Waals surface area contributed by atoms with Crippen molar-refractivity contribution in [3.63, 3.8) is 0 Å². The molecule has 1 saturated carbocycles. The molecule has 12 heteroatoms. The van der Waals surface area contributed by atoms with Crippen LogP contribution in [0.25, 0.3) is 11.4 Å². The highest BCUT2D eigenvalue weighted by Gasteiger charge is 2.48. The first-order valence-electron chi connectivity index (χ1n) is 10.3. The van der Waals surface area contributed by atoms with Crippen LogP contribution in [0.15, 0.2) is 16.7 Å². The van der Waals surface area contributed by atoms with Crippen molar-refractivity contribution in [2.45, 2.75) is 50.4 Å². The molecule has 3 N–H and O–H groups in total. The van der Waals surface area contributed by atoms with Gasteiger partial charge in [0, 0.05) is 18.5 Å². The molecule has 6 rings (SSSR count). The van der Waals surface area contributed by atoms with Crippen LogP contribution < -0.4 is 5.73 Å². The molecule has 176 valence electrons. The highest BCUT2D eigenvalue weighted by atomic mass is 19.4. The van der Waals surface area contributed by atoms with Gasteiger partial charge in [0.15, 0.2) is 17.0 Å². The number of nitrogens with two attached hydrogens (primary N) is 1. The van der Waals surface area contributed by atoms with Crippen LogP contribution in [0.4, 0.5) is 17.6 Å². The molecule has 2 aromatic heterocycles. The second kappa shape index (κ2) is 7.14. The van der Waals surface area contributed by atoms with Gasteiger partial charge in [-0.2, -0.15) is 18.2 Å². The molecule has 34 heavy (non-hydrogen) atoms. The quantitative estimate of drug-likeness (QED) is 0.434. The van der Waals surface area contributed by atoms with Crippen molar-refractivity contribution < 1.29 is 32.0 Å². The van der Waals surface area contributed by atoms with Crippen LogP contribution in [0.3, 0.4) is 0 Å².